The van der Waals surface area contributed by atoms with E-state index in [4.69, 9.17) is 21.4 Å². The Kier molecular flexibility index (Phi) is 9.58. The van der Waals surface area contributed by atoms with E-state index in [1.54, 1.807) is 30.3 Å². The van der Waals surface area contributed by atoms with Gasteiger partial charge in [-0.15, -0.1) is 11.6 Å². The van der Waals surface area contributed by atoms with Gasteiger partial charge in [-0.25, -0.2) is 9.18 Å². The quantitative estimate of drug-likeness (QED) is 0.354. The molecule has 0 radical (unpaired) electrons. The van der Waals surface area contributed by atoms with Gasteiger partial charge in [-0.1, -0.05) is 30.3 Å². The number of carbonyl (C=O) groups is 5. The van der Waals surface area contributed by atoms with Crippen LogP contribution in [0.4, 0.5) is 9.18 Å². The van der Waals surface area contributed by atoms with Crippen molar-refractivity contribution in [3.8, 4) is 0 Å². The third kappa shape index (κ3) is 7.70. The molecular formula is C17H18ClFN2O7. The smallest absolute Gasteiger partial charge is 0.408 e. The molecule has 0 aliphatic rings. The Bertz CT molecular complexity index is 729. The molecule has 0 saturated heterocycles. The molecule has 2 amide bonds. The third-order valence-electron chi connectivity index (χ3n) is 3.38. The van der Waals surface area contributed by atoms with Crippen LogP contribution in [0.5, 0.6) is 0 Å². The number of amides is 2. The summed E-state index contributed by atoms with van der Waals surface area (Å²) in [6.07, 6.45) is -1.92. The number of benzene rings is 1. The molecule has 1 aromatic rings. The fourth-order valence-electron chi connectivity index (χ4n) is 2.00. The molecular weight excluding hydrogens is 399 g/mol. The lowest BCUT2D eigenvalue weighted by molar-refractivity contribution is -0.143. The molecule has 1 rings (SSSR count). The van der Waals surface area contributed by atoms with E-state index in [1.807, 2.05) is 5.32 Å². The second kappa shape index (κ2) is 11.7. The molecule has 11 heteroatoms. The van der Waals surface area contributed by atoms with Gasteiger partial charge in [-0.2, -0.15) is 0 Å². The molecule has 0 fully saturated rings. The molecule has 2 atom stereocenters. The molecule has 0 aromatic heterocycles. The SMILES string of the molecule is O=C(O)CC(NC(=O)C(CCl)NC(=O)OCc1ccccc1)C(=O)C(=O)CF. The molecule has 9 nitrogen and oxygen atoms in total. The number of hydrogen-bond donors (Lipinski definition) is 3. The first-order valence-electron chi connectivity index (χ1n) is 7.96. The zero-order valence-corrected chi connectivity index (χ0v) is 15.3. The van der Waals surface area contributed by atoms with E-state index in [9.17, 15) is 28.4 Å². The molecule has 152 valence electrons. The Morgan fingerprint density at radius 3 is 2.25 bits per heavy atom. The first kappa shape index (κ1) is 23.0. The third-order valence-corrected chi connectivity index (χ3v) is 3.69. The Hall–Kier alpha value is -3.01. The van der Waals surface area contributed by atoms with Gasteiger partial charge in [0, 0.05) is 0 Å². The topological polar surface area (TPSA) is 139 Å². The first-order chi connectivity index (χ1) is 13.3. The lowest BCUT2D eigenvalue weighted by Gasteiger charge is -2.20. The molecule has 1 aromatic carbocycles. The van der Waals surface area contributed by atoms with E-state index in [0.29, 0.717) is 5.56 Å². The van der Waals surface area contributed by atoms with Crippen molar-refractivity contribution in [1.29, 1.82) is 0 Å². The molecule has 0 aliphatic heterocycles. The number of carboxylic acids is 1. The number of aliphatic carboxylic acids is 1. The highest BCUT2D eigenvalue weighted by Crippen LogP contribution is 2.02. The van der Waals surface area contributed by atoms with Gasteiger partial charge in [0.2, 0.25) is 17.5 Å². The number of ketones is 2. The summed E-state index contributed by atoms with van der Waals surface area (Å²) < 4.78 is 17.3. The average Bonchev–Trinajstić information content (AvgIpc) is 2.69. The van der Waals surface area contributed by atoms with E-state index in [2.05, 4.69) is 5.32 Å². The second-order valence-electron chi connectivity index (χ2n) is 5.49. The standard InChI is InChI=1S/C17H18ClFN2O7/c18-7-12(21-17(27)28-9-10-4-2-1-3-5-10)16(26)20-11(6-14(23)24)15(25)13(22)8-19/h1-5,11-12H,6-9H2,(H,20,26)(H,21,27)(H,23,24). The predicted octanol–water partition coefficient (Wildman–Crippen LogP) is 0.587. The normalized spacial score (nSPS) is 12.4. The summed E-state index contributed by atoms with van der Waals surface area (Å²) in [6, 6.07) is 5.51. The van der Waals surface area contributed by atoms with Gasteiger partial charge in [0.05, 0.1) is 12.3 Å². The van der Waals surface area contributed by atoms with Crippen LogP contribution in [0.25, 0.3) is 0 Å². The average molecular weight is 417 g/mol. The number of carbonyl (C=O) groups excluding carboxylic acids is 4. The van der Waals surface area contributed by atoms with Crippen molar-refractivity contribution in [2.24, 2.45) is 0 Å². The zero-order valence-electron chi connectivity index (χ0n) is 14.5. The number of rotatable bonds is 11. The Morgan fingerprint density at radius 2 is 1.71 bits per heavy atom. The monoisotopic (exact) mass is 416 g/mol. The number of alkyl halides is 2. The summed E-state index contributed by atoms with van der Waals surface area (Å²) in [5.41, 5.74) is 0.696. The van der Waals surface area contributed by atoms with E-state index in [-0.39, 0.29) is 6.61 Å². The van der Waals surface area contributed by atoms with Gasteiger partial charge in [0.1, 0.15) is 18.7 Å². The van der Waals surface area contributed by atoms with Crippen molar-refractivity contribution < 1.29 is 38.2 Å². The van der Waals surface area contributed by atoms with E-state index < -0.39 is 60.6 Å². The number of Topliss-reactive ketones (excluding diaryl/α,β-unsaturated/α-hetero) is 2. The minimum absolute atomic E-state index is 0.0750. The molecule has 28 heavy (non-hydrogen) atoms. The van der Waals surface area contributed by atoms with Gasteiger partial charge >= 0.3 is 12.1 Å². The molecule has 0 spiro atoms. The van der Waals surface area contributed by atoms with Crippen LogP contribution in [-0.4, -0.2) is 59.3 Å². The maximum atomic E-state index is 12.4. The summed E-state index contributed by atoms with van der Waals surface area (Å²) in [6.45, 7) is -1.71. The number of nitrogens with one attached hydrogen (secondary N) is 2. The van der Waals surface area contributed by atoms with Crippen molar-refractivity contribution in [2.75, 3.05) is 12.6 Å². The van der Waals surface area contributed by atoms with Crippen molar-refractivity contribution in [2.45, 2.75) is 25.1 Å². The molecule has 2 unspecified atom stereocenters. The number of carboxylic acid groups (broad SMARTS) is 1. The highest BCUT2D eigenvalue weighted by atomic mass is 35.5. The van der Waals surface area contributed by atoms with Crippen LogP contribution in [0.3, 0.4) is 0 Å². The predicted molar refractivity (Wildman–Crippen MR) is 94.4 cm³/mol. The Balaban J connectivity index is 2.68. The minimum atomic E-state index is -1.79. The van der Waals surface area contributed by atoms with Crippen molar-refractivity contribution >= 4 is 41.1 Å². The van der Waals surface area contributed by atoms with Crippen LogP contribution in [0.2, 0.25) is 0 Å². The van der Waals surface area contributed by atoms with Gasteiger partial charge in [0.25, 0.3) is 0 Å². The van der Waals surface area contributed by atoms with Crippen LogP contribution in [0.1, 0.15) is 12.0 Å². The van der Waals surface area contributed by atoms with Gasteiger partial charge < -0.3 is 20.5 Å². The molecule has 0 heterocycles. The summed E-state index contributed by atoms with van der Waals surface area (Å²) in [5, 5.41) is 12.9. The zero-order chi connectivity index (χ0) is 21.1. The number of ether oxygens (including phenoxy) is 1. The fraction of sp³-hybridized carbons (Fsp3) is 0.353. The van der Waals surface area contributed by atoms with Crippen LogP contribution in [-0.2, 0) is 30.5 Å². The van der Waals surface area contributed by atoms with E-state index in [0.717, 1.165) is 0 Å². The number of hydrogen-bond acceptors (Lipinski definition) is 6. The minimum Gasteiger partial charge on any atom is -0.481 e. The highest BCUT2D eigenvalue weighted by Gasteiger charge is 2.31. The Labute approximate surface area is 164 Å². The van der Waals surface area contributed by atoms with Crippen molar-refractivity contribution in [3.05, 3.63) is 35.9 Å². The summed E-state index contributed by atoms with van der Waals surface area (Å²) in [7, 11) is 0. The fourth-order valence-corrected chi connectivity index (χ4v) is 2.21. The van der Waals surface area contributed by atoms with E-state index in [1.165, 1.54) is 0 Å². The van der Waals surface area contributed by atoms with E-state index >= 15 is 0 Å². The Morgan fingerprint density at radius 1 is 1.07 bits per heavy atom. The maximum absolute atomic E-state index is 12.4. The van der Waals surface area contributed by atoms with Crippen LogP contribution in [0, 0.1) is 0 Å². The first-order valence-corrected chi connectivity index (χ1v) is 8.50. The summed E-state index contributed by atoms with van der Waals surface area (Å²) in [5.74, 6) is -5.85. The highest BCUT2D eigenvalue weighted by molar-refractivity contribution is 6.40. The van der Waals surface area contributed by atoms with Crippen LogP contribution >= 0.6 is 11.6 Å². The van der Waals surface area contributed by atoms with Crippen LogP contribution in [0.15, 0.2) is 30.3 Å². The van der Waals surface area contributed by atoms with Gasteiger partial charge in [-0.3, -0.25) is 19.2 Å². The molecule has 0 saturated carbocycles. The van der Waals surface area contributed by atoms with Crippen LogP contribution < -0.4 is 10.6 Å². The largest absolute Gasteiger partial charge is 0.481 e. The van der Waals surface area contributed by atoms with Gasteiger partial charge in [-0.05, 0) is 5.56 Å². The second-order valence-corrected chi connectivity index (χ2v) is 5.80. The molecule has 0 aliphatic carbocycles. The van der Waals surface area contributed by atoms with Crippen molar-refractivity contribution in [1.82, 2.24) is 10.6 Å². The lowest BCUT2D eigenvalue weighted by atomic mass is 10.1. The maximum Gasteiger partial charge on any atom is 0.408 e. The number of alkyl carbamates (subject to hydrolysis) is 1. The van der Waals surface area contributed by atoms with Gasteiger partial charge in [0.15, 0.2) is 6.67 Å². The number of halogens is 2. The summed E-state index contributed by atoms with van der Waals surface area (Å²) in [4.78, 5) is 57.7. The molecule has 0 bridgehead atoms. The summed E-state index contributed by atoms with van der Waals surface area (Å²) >= 11 is 5.62. The lowest BCUT2D eigenvalue weighted by Crippen LogP contribution is -2.54. The van der Waals surface area contributed by atoms with Crippen molar-refractivity contribution in [3.63, 3.8) is 0 Å². The molecule has 3 N–H and O–H groups in total.